The van der Waals surface area contributed by atoms with Crippen molar-refractivity contribution in [2.45, 2.75) is 19.9 Å². The van der Waals surface area contributed by atoms with Gasteiger partial charge in [-0.3, -0.25) is 9.89 Å². The molecule has 1 atom stereocenters. The van der Waals surface area contributed by atoms with E-state index in [4.69, 9.17) is 4.52 Å². The molecule has 1 unspecified atom stereocenters. The molecule has 118 valence electrons. The number of nitrogens with zero attached hydrogens (tertiary/aromatic N) is 3. The largest absolute Gasteiger partial charge is 0.339 e. The zero-order valence-corrected chi connectivity index (χ0v) is 14.1. The molecule has 3 aromatic rings. The molecule has 0 aliphatic carbocycles. The smallest absolute Gasteiger partial charge is 0.269 e. The lowest BCUT2D eigenvalue weighted by molar-refractivity contribution is 0.0927. The van der Waals surface area contributed by atoms with Crippen LogP contribution in [0.2, 0.25) is 0 Å². The monoisotopic (exact) mass is 375 g/mol. The summed E-state index contributed by atoms with van der Waals surface area (Å²) in [5.41, 5.74) is 1.99. The van der Waals surface area contributed by atoms with Gasteiger partial charge in [0.2, 0.25) is 5.89 Å². The van der Waals surface area contributed by atoms with Crippen LogP contribution in [0.5, 0.6) is 0 Å². The van der Waals surface area contributed by atoms with Gasteiger partial charge in [0.15, 0.2) is 5.82 Å². The van der Waals surface area contributed by atoms with Gasteiger partial charge in [-0.15, -0.1) is 0 Å². The fourth-order valence-corrected chi connectivity index (χ4v) is 2.30. The molecule has 2 aromatic heterocycles. The molecule has 0 saturated heterocycles. The SMILES string of the molecule is Cc1noc(C(C)NC(=O)c2cc(-c3ccc(Br)cc3)n[nH]2)n1. The van der Waals surface area contributed by atoms with E-state index in [-0.39, 0.29) is 11.9 Å². The van der Waals surface area contributed by atoms with Gasteiger partial charge < -0.3 is 9.84 Å². The number of aryl methyl sites for hydroxylation is 1. The molecule has 1 amide bonds. The molecule has 23 heavy (non-hydrogen) atoms. The summed E-state index contributed by atoms with van der Waals surface area (Å²) >= 11 is 3.39. The Hall–Kier alpha value is -2.48. The number of carbonyl (C=O) groups excluding carboxylic acids is 1. The van der Waals surface area contributed by atoms with Crippen molar-refractivity contribution in [1.29, 1.82) is 0 Å². The average molecular weight is 376 g/mol. The second-order valence-electron chi connectivity index (χ2n) is 5.05. The highest BCUT2D eigenvalue weighted by Gasteiger charge is 2.18. The third-order valence-electron chi connectivity index (χ3n) is 3.22. The summed E-state index contributed by atoms with van der Waals surface area (Å²) in [5.74, 6) is 0.605. The lowest BCUT2D eigenvalue weighted by Gasteiger charge is -2.07. The minimum absolute atomic E-state index is 0.288. The van der Waals surface area contributed by atoms with Crippen LogP contribution in [0.4, 0.5) is 0 Å². The number of H-pyrrole nitrogens is 1. The van der Waals surface area contributed by atoms with Crippen molar-refractivity contribution >= 4 is 21.8 Å². The van der Waals surface area contributed by atoms with Crippen molar-refractivity contribution in [3.8, 4) is 11.3 Å². The van der Waals surface area contributed by atoms with Gasteiger partial charge in [-0.1, -0.05) is 33.2 Å². The van der Waals surface area contributed by atoms with Gasteiger partial charge in [0, 0.05) is 10.0 Å². The highest BCUT2D eigenvalue weighted by molar-refractivity contribution is 9.10. The fraction of sp³-hybridized carbons (Fsp3) is 0.200. The second kappa shape index (κ2) is 6.33. The Labute approximate surface area is 140 Å². The van der Waals surface area contributed by atoms with Gasteiger partial charge in [-0.25, -0.2) is 0 Å². The van der Waals surface area contributed by atoms with Crippen LogP contribution in [-0.4, -0.2) is 26.2 Å². The van der Waals surface area contributed by atoms with Crippen LogP contribution in [0.1, 0.15) is 35.2 Å². The molecule has 0 radical (unpaired) electrons. The van der Waals surface area contributed by atoms with Crippen LogP contribution in [0.3, 0.4) is 0 Å². The first-order chi connectivity index (χ1) is 11.0. The van der Waals surface area contributed by atoms with Crippen LogP contribution >= 0.6 is 15.9 Å². The van der Waals surface area contributed by atoms with E-state index >= 15 is 0 Å². The molecule has 0 spiro atoms. The number of benzene rings is 1. The maximum Gasteiger partial charge on any atom is 0.269 e. The quantitative estimate of drug-likeness (QED) is 0.730. The number of carbonyl (C=O) groups is 1. The minimum Gasteiger partial charge on any atom is -0.339 e. The maximum absolute atomic E-state index is 12.3. The zero-order chi connectivity index (χ0) is 16.4. The third-order valence-corrected chi connectivity index (χ3v) is 3.75. The Morgan fingerprint density at radius 3 is 2.74 bits per heavy atom. The molecule has 2 heterocycles. The van der Waals surface area contributed by atoms with E-state index in [2.05, 4.69) is 41.6 Å². The fourth-order valence-electron chi connectivity index (χ4n) is 2.03. The van der Waals surface area contributed by atoms with E-state index in [1.807, 2.05) is 24.3 Å². The summed E-state index contributed by atoms with van der Waals surface area (Å²) in [7, 11) is 0. The number of amides is 1. The van der Waals surface area contributed by atoms with Gasteiger partial charge in [0.1, 0.15) is 11.7 Å². The number of hydrogen-bond acceptors (Lipinski definition) is 5. The zero-order valence-electron chi connectivity index (χ0n) is 12.5. The maximum atomic E-state index is 12.3. The molecule has 0 aliphatic rings. The summed E-state index contributed by atoms with van der Waals surface area (Å²) in [6.07, 6.45) is 0. The summed E-state index contributed by atoms with van der Waals surface area (Å²) in [4.78, 5) is 16.3. The summed E-state index contributed by atoms with van der Waals surface area (Å²) in [6.45, 7) is 3.50. The summed E-state index contributed by atoms with van der Waals surface area (Å²) in [6, 6.07) is 9.00. The molecular weight excluding hydrogens is 362 g/mol. The normalized spacial score (nSPS) is 12.1. The molecule has 0 saturated carbocycles. The number of rotatable bonds is 4. The molecule has 2 N–H and O–H groups in total. The van der Waals surface area contributed by atoms with Crippen molar-refractivity contribution in [3.63, 3.8) is 0 Å². The molecule has 0 bridgehead atoms. The van der Waals surface area contributed by atoms with Gasteiger partial charge >= 0.3 is 0 Å². The van der Waals surface area contributed by atoms with E-state index in [1.54, 1.807) is 19.9 Å². The lowest BCUT2D eigenvalue weighted by Crippen LogP contribution is -2.27. The number of hydrogen-bond donors (Lipinski definition) is 2. The van der Waals surface area contributed by atoms with Crippen molar-refractivity contribution in [2.75, 3.05) is 0 Å². The van der Waals surface area contributed by atoms with Crippen LogP contribution < -0.4 is 5.32 Å². The Bertz CT molecular complexity index is 825. The Balaban J connectivity index is 1.72. The topological polar surface area (TPSA) is 96.7 Å². The van der Waals surface area contributed by atoms with E-state index in [0.717, 1.165) is 10.0 Å². The van der Waals surface area contributed by atoms with Crippen molar-refractivity contribution in [2.24, 2.45) is 0 Å². The van der Waals surface area contributed by atoms with E-state index in [1.165, 1.54) is 0 Å². The highest BCUT2D eigenvalue weighted by atomic mass is 79.9. The predicted octanol–water partition coefficient (Wildman–Crippen LogP) is 3.02. The molecule has 8 heteroatoms. The van der Waals surface area contributed by atoms with E-state index < -0.39 is 0 Å². The molecule has 3 rings (SSSR count). The van der Waals surface area contributed by atoms with Crippen LogP contribution in [0.25, 0.3) is 11.3 Å². The van der Waals surface area contributed by atoms with Gasteiger partial charge in [0.25, 0.3) is 5.91 Å². The number of aromatic amines is 1. The lowest BCUT2D eigenvalue weighted by atomic mass is 10.1. The van der Waals surface area contributed by atoms with Crippen molar-refractivity contribution < 1.29 is 9.32 Å². The molecule has 7 nitrogen and oxygen atoms in total. The first kappa shape index (κ1) is 15.4. The Morgan fingerprint density at radius 1 is 1.35 bits per heavy atom. The predicted molar refractivity (Wildman–Crippen MR) is 86.6 cm³/mol. The van der Waals surface area contributed by atoms with Gasteiger partial charge in [0.05, 0.1) is 5.69 Å². The first-order valence-corrected chi connectivity index (χ1v) is 7.74. The second-order valence-corrected chi connectivity index (χ2v) is 5.96. The summed E-state index contributed by atoms with van der Waals surface area (Å²) < 4.78 is 6.03. The van der Waals surface area contributed by atoms with Crippen molar-refractivity contribution in [3.05, 3.63) is 52.2 Å². The third kappa shape index (κ3) is 3.48. The van der Waals surface area contributed by atoms with Crippen molar-refractivity contribution in [1.82, 2.24) is 25.7 Å². The summed E-state index contributed by atoms with van der Waals surface area (Å²) in [5, 5.41) is 13.4. The van der Waals surface area contributed by atoms with Gasteiger partial charge in [-0.2, -0.15) is 10.1 Å². The standard InChI is InChI=1S/C15H14BrN5O2/c1-8(15-18-9(2)21-23-15)17-14(22)13-7-12(19-20-13)10-3-5-11(16)6-4-10/h3-8H,1-2H3,(H,17,22)(H,19,20). The first-order valence-electron chi connectivity index (χ1n) is 6.95. The minimum atomic E-state index is -0.386. The Morgan fingerprint density at radius 2 is 2.09 bits per heavy atom. The molecule has 1 aromatic carbocycles. The van der Waals surface area contributed by atoms with Crippen LogP contribution in [0, 0.1) is 6.92 Å². The molecular formula is C15H14BrN5O2. The number of aromatic nitrogens is 4. The highest BCUT2D eigenvalue weighted by Crippen LogP contribution is 2.20. The Kier molecular flexibility index (Phi) is 4.24. The average Bonchev–Trinajstić information content (AvgIpc) is 3.17. The number of halogens is 1. The molecule has 0 aliphatic heterocycles. The van der Waals surface area contributed by atoms with E-state index in [0.29, 0.717) is 23.1 Å². The molecule has 0 fully saturated rings. The van der Waals surface area contributed by atoms with Crippen LogP contribution in [0.15, 0.2) is 39.3 Å². The van der Waals surface area contributed by atoms with Crippen LogP contribution in [-0.2, 0) is 0 Å². The number of nitrogens with one attached hydrogen (secondary N) is 2. The van der Waals surface area contributed by atoms with E-state index in [9.17, 15) is 4.79 Å². The van der Waals surface area contributed by atoms with Gasteiger partial charge in [-0.05, 0) is 32.0 Å².